The maximum atomic E-state index is 11.8. The van der Waals surface area contributed by atoms with Crippen molar-refractivity contribution in [3.05, 3.63) is 64.2 Å². The summed E-state index contributed by atoms with van der Waals surface area (Å²) in [6, 6.07) is 13.8. The van der Waals surface area contributed by atoms with Gasteiger partial charge < -0.3 is 15.4 Å². The molecule has 0 saturated carbocycles. The van der Waals surface area contributed by atoms with Crippen molar-refractivity contribution in [2.24, 2.45) is 0 Å². The second-order valence-electron chi connectivity index (χ2n) is 6.09. The molecular formula is C19H23N3O4. The molecule has 0 fully saturated rings. The van der Waals surface area contributed by atoms with Crippen molar-refractivity contribution in [2.45, 2.75) is 19.8 Å². The first kappa shape index (κ1) is 19.2. The minimum absolute atomic E-state index is 0.0431. The van der Waals surface area contributed by atoms with Gasteiger partial charge in [-0.3, -0.25) is 14.9 Å². The first-order chi connectivity index (χ1) is 12.5. The number of carbonyl (C=O) groups is 1. The largest absolute Gasteiger partial charge is 0.484 e. The molecule has 0 aliphatic heterocycles. The van der Waals surface area contributed by atoms with Gasteiger partial charge in [0.25, 0.3) is 11.6 Å². The Labute approximate surface area is 152 Å². The van der Waals surface area contributed by atoms with E-state index in [1.807, 2.05) is 24.3 Å². The number of nitrogens with zero attached hydrogens (tertiary/aromatic N) is 1. The number of non-ortho nitro benzene ring substituents is 1. The average molecular weight is 357 g/mol. The topological polar surface area (TPSA) is 93.5 Å². The first-order valence-corrected chi connectivity index (χ1v) is 8.43. The van der Waals surface area contributed by atoms with Gasteiger partial charge in [0.1, 0.15) is 5.75 Å². The molecule has 1 amide bonds. The number of carbonyl (C=O) groups excluding carboxylic acids is 1. The Morgan fingerprint density at radius 1 is 1.08 bits per heavy atom. The van der Waals surface area contributed by atoms with Crippen molar-refractivity contribution >= 4 is 17.3 Å². The summed E-state index contributed by atoms with van der Waals surface area (Å²) in [5, 5.41) is 16.4. The van der Waals surface area contributed by atoms with E-state index in [-0.39, 0.29) is 18.2 Å². The van der Waals surface area contributed by atoms with E-state index in [4.69, 9.17) is 4.74 Å². The number of nitro groups is 1. The highest BCUT2D eigenvalue weighted by molar-refractivity contribution is 5.77. The summed E-state index contributed by atoms with van der Waals surface area (Å²) >= 11 is 0. The lowest BCUT2D eigenvalue weighted by molar-refractivity contribution is -0.384. The lowest BCUT2D eigenvalue weighted by Crippen LogP contribution is -2.32. The van der Waals surface area contributed by atoms with E-state index < -0.39 is 4.92 Å². The number of benzene rings is 2. The van der Waals surface area contributed by atoms with Crippen molar-refractivity contribution in [2.75, 3.05) is 25.0 Å². The molecule has 138 valence electrons. The molecule has 26 heavy (non-hydrogen) atoms. The SMILES string of the molecule is CC(C)c1ccc(OCC(=O)NCCNc2ccc([N+](=O)[O-])cc2)cc1. The van der Waals surface area contributed by atoms with Crippen LogP contribution < -0.4 is 15.4 Å². The molecule has 0 heterocycles. The van der Waals surface area contributed by atoms with Crippen LogP contribution in [0.1, 0.15) is 25.3 Å². The number of nitro benzene ring substituents is 1. The van der Waals surface area contributed by atoms with Crippen LogP contribution in [0.25, 0.3) is 0 Å². The molecule has 0 aromatic heterocycles. The summed E-state index contributed by atoms with van der Waals surface area (Å²) in [7, 11) is 0. The summed E-state index contributed by atoms with van der Waals surface area (Å²) in [6.07, 6.45) is 0. The van der Waals surface area contributed by atoms with Crippen LogP contribution in [0.5, 0.6) is 5.75 Å². The molecule has 0 atom stereocenters. The van der Waals surface area contributed by atoms with Gasteiger partial charge in [-0.05, 0) is 35.7 Å². The Bertz CT molecular complexity index is 727. The number of nitrogens with one attached hydrogen (secondary N) is 2. The van der Waals surface area contributed by atoms with Crippen molar-refractivity contribution in [3.8, 4) is 5.75 Å². The molecule has 0 bridgehead atoms. The Kier molecular flexibility index (Phi) is 6.96. The van der Waals surface area contributed by atoms with Gasteiger partial charge in [-0.25, -0.2) is 0 Å². The van der Waals surface area contributed by atoms with E-state index >= 15 is 0 Å². The molecule has 2 rings (SSSR count). The normalized spacial score (nSPS) is 10.4. The van der Waals surface area contributed by atoms with E-state index in [2.05, 4.69) is 24.5 Å². The maximum absolute atomic E-state index is 11.8. The molecule has 7 nitrogen and oxygen atoms in total. The van der Waals surface area contributed by atoms with Crippen LogP contribution in [0.2, 0.25) is 0 Å². The van der Waals surface area contributed by atoms with Crippen LogP contribution in [0.3, 0.4) is 0 Å². The predicted molar refractivity (Wildman–Crippen MR) is 101 cm³/mol. The summed E-state index contributed by atoms with van der Waals surface area (Å²) in [6.45, 7) is 5.12. The van der Waals surface area contributed by atoms with Crippen molar-refractivity contribution in [1.82, 2.24) is 5.32 Å². The molecule has 2 N–H and O–H groups in total. The van der Waals surface area contributed by atoms with Crippen molar-refractivity contribution < 1.29 is 14.5 Å². The molecule has 0 spiro atoms. The first-order valence-electron chi connectivity index (χ1n) is 8.43. The van der Waals surface area contributed by atoms with Crippen molar-refractivity contribution in [1.29, 1.82) is 0 Å². The van der Waals surface area contributed by atoms with E-state index in [1.165, 1.54) is 17.7 Å². The zero-order chi connectivity index (χ0) is 18.9. The predicted octanol–water partition coefficient (Wildman–Crippen LogP) is 3.33. The summed E-state index contributed by atoms with van der Waals surface area (Å²) in [5.74, 6) is 0.910. The fraction of sp³-hybridized carbons (Fsp3) is 0.316. The molecule has 2 aromatic rings. The highest BCUT2D eigenvalue weighted by Gasteiger charge is 2.05. The Morgan fingerprint density at radius 3 is 2.31 bits per heavy atom. The molecule has 0 unspecified atom stereocenters. The minimum atomic E-state index is -0.444. The molecule has 0 aliphatic rings. The number of anilines is 1. The number of ether oxygens (including phenoxy) is 1. The lowest BCUT2D eigenvalue weighted by atomic mass is 10.0. The maximum Gasteiger partial charge on any atom is 0.269 e. The average Bonchev–Trinajstić information content (AvgIpc) is 2.64. The third kappa shape index (κ3) is 6.08. The third-order valence-electron chi connectivity index (χ3n) is 3.77. The molecule has 0 aliphatic carbocycles. The zero-order valence-electron chi connectivity index (χ0n) is 14.9. The van der Waals surface area contributed by atoms with E-state index in [0.717, 1.165) is 5.69 Å². The third-order valence-corrected chi connectivity index (χ3v) is 3.77. The summed E-state index contributed by atoms with van der Waals surface area (Å²) in [4.78, 5) is 21.9. The standard InChI is InChI=1S/C19H23N3O4/c1-14(2)15-3-9-18(10-4-15)26-13-19(23)21-12-11-20-16-5-7-17(8-6-16)22(24)25/h3-10,14,20H,11-13H2,1-2H3,(H,21,23). The van der Waals surface area contributed by atoms with Crippen LogP contribution in [-0.4, -0.2) is 30.5 Å². The molecule has 7 heteroatoms. The highest BCUT2D eigenvalue weighted by atomic mass is 16.6. The van der Waals surface area contributed by atoms with Crippen molar-refractivity contribution in [3.63, 3.8) is 0 Å². The van der Waals surface area contributed by atoms with Crippen LogP contribution in [0, 0.1) is 10.1 Å². The fourth-order valence-electron chi connectivity index (χ4n) is 2.26. The summed E-state index contributed by atoms with van der Waals surface area (Å²) < 4.78 is 5.46. The highest BCUT2D eigenvalue weighted by Crippen LogP contribution is 2.18. The molecule has 2 aromatic carbocycles. The smallest absolute Gasteiger partial charge is 0.269 e. The van der Waals surface area contributed by atoms with Gasteiger partial charge in [-0.1, -0.05) is 26.0 Å². The number of hydrogen-bond donors (Lipinski definition) is 2. The zero-order valence-corrected chi connectivity index (χ0v) is 14.9. The van der Waals surface area contributed by atoms with Gasteiger partial charge in [-0.2, -0.15) is 0 Å². The van der Waals surface area contributed by atoms with Gasteiger partial charge in [0.2, 0.25) is 0 Å². The van der Waals surface area contributed by atoms with Crippen LogP contribution in [-0.2, 0) is 4.79 Å². The second kappa shape index (κ2) is 9.41. The fourth-order valence-corrected chi connectivity index (χ4v) is 2.26. The summed E-state index contributed by atoms with van der Waals surface area (Å²) in [5.41, 5.74) is 2.02. The Hall–Kier alpha value is -3.09. The number of hydrogen-bond acceptors (Lipinski definition) is 5. The molecule has 0 radical (unpaired) electrons. The van der Waals surface area contributed by atoms with Gasteiger partial charge in [0.15, 0.2) is 6.61 Å². The van der Waals surface area contributed by atoms with Crippen LogP contribution >= 0.6 is 0 Å². The van der Waals surface area contributed by atoms with E-state index in [1.54, 1.807) is 12.1 Å². The minimum Gasteiger partial charge on any atom is -0.484 e. The van der Waals surface area contributed by atoms with E-state index in [9.17, 15) is 14.9 Å². The van der Waals surface area contributed by atoms with E-state index in [0.29, 0.717) is 24.8 Å². The lowest BCUT2D eigenvalue weighted by Gasteiger charge is -2.10. The van der Waals surface area contributed by atoms with Gasteiger partial charge >= 0.3 is 0 Å². The monoisotopic (exact) mass is 357 g/mol. The molecule has 0 saturated heterocycles. The van der Waals surface area contributed by atoms with Crippen LogP contribution in [0.15, 0.2) is 48.5 Å². The molecular weight excluding hydrogens is 334 g/mol. The van der Waals surface area contributed by atoms with Gasteiger partial charge in [0.05, 0.1) is 4.92 Å². The van der Waals surface area contributed by atoms with Gasteiger partial charge in [-0.15, -0.1) is 0 Å². The second-order valence-corrected chi connectivity index (χ2v) is 6.09. The number of rotatable bonds is 9. The number of amides is 1. The van der Waals surface area contributed by atoms with Crippen LogP contribution in [0.4, 0.5) is 11.4 Å². The Morgan fingerprint density at radius 2 is 1.73 bits per heavy atom. The quantitative estimate of drug-likeness (QED) is 0.408. The van der Waals surface area contributed by atoms with Gasteiger partial charge in [0, 0.05) is 30.9 Å². The Balaban J connectivity index is 1.65.